The quantitative estimate of drug-likeness (QED) is 0.275. The summed E-state index contributed by atoms with van der Waals surface area (Å²) < 4.78 is 21.3. The second-order valence-corrected chi connectivity index (χ2v) is 9.51. The van der Waals surface area contributed by atoms with E-state index in [0.717, 1.165) is 22.3 Å². The molecule has 2 aromatic carbocycles. The molecule has 0 spiro atoms. The van der Waals surface area contributed by atoms with Crippen molar-refractivity contribution in [2.45, 2.75) is 58.1 Å². The van der Waals surface area contributed by atoms with Crippen LogP contribution in [0.2, 0.25) is 0 Å². The SMILES string of the molecule is CCOCCOC(=O)[C@H](CCC(=O)OC(C)(C)C)NC(=O)OCC1c2ccccc2-c2ccccc21. The Balaban J connectivity index is 1.61. The minimum absolute atomic E-state index is 0.0204. The first-order valence-electron chi connectivity index (χ1n) is 12.3. The highest BCUT2D eigenvalue weighted by molar-refractivity contribution is 5.82. The first-order valence-corrected chi connectivity index (χ1v) is 12.3. The summed E-state index contributed by atoms with van der Waals surface area (Å²) in [6.45, 7) is 8.02. The smallest absolute Gasteiger partial charge is 0.407 e. The van der Waals surface area contributed by atoms with Crippen molar-refractivity contribution in [1.82, 2.24) is 5.32 Å². The summed E-state index contributed by atoms with van der Waals surface area (Å²) in [6, 6.07) is 15.0. The first kappa shape index (κ1) is 27.2. The van der Waals surface area contributed by atoms with E-state index < -0.39 is 29.7 Å². The molecule has 0 aliphatic heterocycles. The normalized spacial score (nSPS) is 13.3. The van der Waals surface area contributed by atoms with Crippen molar-refractivity contribution < 1.29 is 33.3 Å². The van der Waals surface area contributed by atoms with Crippen LogP contribution in [0.3, 0.4) is 0 Å². The van der Waals surface area contributed by atoms with Gasteiger partial charge in [-0.3, -0.25) is 4.79 Å². The monoisotopic (exact) mass is 497 g/mol. The molecule has 1 amide bonds. The lowest BCUT2D eigenvalue weighted by Crippen LogP contribution is -2.43. The van der Waals surface area contributed by atoms with Crippen LogP contribution in [0.1, 0.15) is 57.6 Å². The zero-order valence-corrected chi connectivity index (χ0v) is 21.4. The highest BCUT2D eigenvalue weighted by atomic mass is 16.6. The molecule has 0 saturated carbocycles. The summed E-state index contributed by atoms with van der Waals surface area (Å²) >= 11 is 0. The van der Waals surface area contributed by atoms with Crippen LogP contribution in [0.15, 0.2) is 48.5 Å². The van der Waals surface area contributed by atoms with Gasteiger partial charge in [0.1, 0.15) is 24.9 Å². The van der Waals surface area contributed by atoms with Crippen molar-refractivity contribution in [1.29, 1.82) is 0 Å². The summed E-state index contributed by atoms with van der Waals surface area (Å²) in [4.78, 5) is 37.5. The van der Waals surface area contributed by atoms with Gasteiger partial charge in [0.15, 0.2) is 0 Å². The number of ether oxygens (including phenoxy) is 4. The fourth-order valence-corrected chi connectivity index (χ4v) is 4.13. The molecule has 8 heteroatoms. The number of benzene rings is 2. The van der Waals surface area contributed by atoms with Gasteiger partial charge in [-0.05, 0) is 56.4 Å². The van der Waals surface area contributed by atoms with Gasteiger partial charge < -0.3 is 24.3 Å². The highest BCUT2D eigenvalue weighted by Gasteiger charge is 2.30. The number of carbonyl (C=O) groups excluding carboxylic acids is 3. The number of rotatable bonds is 11. The Bertz CT molecular complexity index is 1010. The standard InChI is InChI=1S/C28H35NO7/c1-5-33-16-17-34-26(31)24(14-15-25(30)36-28(2,3)4)29-27(32)35-18-23-21-12-8-6-10-19(21)20-11-7-9-13-22(20)23/h6-13,23-24H,5,14-18H2,1-4H3,(H,29,32)/t24-/m0/s1. The van der Waals surface area contributed by atoms with Crippen LogP contribution >= 0.6 is 0 Å². The molecule has 2 aromatic rings. The second-order valence-electron chi connectivity index (χ2n) is 9.51. The van der Waals surface area contributed by atoms with Gasteiger partial charge in [-0.2, -0.15) is 0 Å². The highest BCUT2D eigenvalue weighted by Crippen LogP contribution is 2.44. The van der Waals surface area contributed by atoms with Crippen LogP contribution < -0.4 is 5.32 Å². The Morgan fingerprint density at radius 3 is 2.11 bits per heavy atom. The zero-order valence-electron chi connectivity index (χ0n) is 21.4. The minimum atomic E-state index is -1.06. The Morgan fingerprint density at radius 2 is 1.53 bits per heavy atom. The van der Waals surface area contributed by atoms with Gasteiger partial charge in [0.2, 0.25) is 0 Å². The first-order chi connectivity index (χ1) is 17.2. The minimum Gasteiger partial charge on any atom is -0.462 e. The van der Waals surface area contributed by atoms with Crippen LogP contribution in [0.25, 0.3) is 11.1 Å². The van der Waals surface area contributed by atoms with E-state index in [1.54, 1.807) is 20.8 Å². The van der Waals surface area contributed by atoms with Crippen LogP contribution in [-0.4, -0.2) is 56.1 Å². The molecule has 3 rings (SSSR count). The Kier molecular flexibility index (Phi) is 9.47. The molecule has 8 nitrogen and oxygen atoms in total. The van der Waals surface area contributed by atoms with E-state index in [-0.39, 0.29) is 38.6 Å². The van der Waals surface area contributed by atoms with Crippen LogP contribution in [-0.2, 0) is 28.5 Å². The molecule has 0 aromatic heterocycles. The van der Waals surface area contributed by atoms with Crippen molar-refractivity contribution in [2.75, 3.05) is 26.4 Å². The predicted octanol–water partition coefficient (Wildman–Crippen LogP) is 4.60. The van der Waals surface area contributed by atoms with Gasteiger partial charge >= 0.3 is 18.0 Å². The van der Waals surface area contributed by atoms with Gasteiger partial charge in [0.05, 0.1) is 6.61 Å². The predicted molar refractivity (Wildman–Crippen MR) is 135 cm³/mol. The topological polar surface area (TPSA) is 100 Å². The van der Waals surface area contributed by atoms with E-state index in [9.17, 15) is 14.4 Å². The van der Waals surface area contributed by atoms with E-state index >= 15 is 0 Å². The van der Waals surface area contributed by atoms with Gasteiger partial charge in [-0.25, -0.2) is 9.59 Å². The number of amides is 1. The van der Waals surface area contributed by atoms with E-state index in [0.29, 0.717) is 6.61 Å². The number of nitrogens with one attached hydrogen (secondary N) is 1. The molecule has 36 heavy (non-hydrogen) atoms. The van der Waals surface area contributed by atoms with Crippen molar-refractivity contribution in [3.05, 3.63) is 59.7 Å². The summed E-state index contributed by atoms with van der Waals surface area (Å²) in [5, 5.41) is 2.56. The third-order valence-electron chi connectivity index (χ3n) is 5.65. The van der Waals surface area contributed by atoms with Gasteiger partial charge in [0, 0.05) is 18.9 Å². The number of fused-ring (bicyclic) bond motifs is 3. The van der Waals surface area contributed by atoms with Crippen LogP contribution in [0.4, 0.5) is 4.79 Å². The molecule has 0 heterocycles. The molecule has 0 unspecified atom stereocenters. The summed E-state index contributed by atoms with van der Waals surface area (Å²) in [5.74, 6) is -1.24. The molecule has 0 saturated heterocycles. The molecule has 0 bridgehead atoms. The lowest BCUT2D eigenvalue weighted by Gasteiger charge is -2.21. The van der Waals surface area contributed by atoms with Crippen molar-refractivity contribution in [3.8, 4) is 11.1 Å². The summed E-state index contributed by atoms with van der Waals surface area (Å²) in [6.07, 6.45) is -0.800. The summed E-state index contributed by atoms with van der Waals surface area (Å²) in [5.41, 5.74) is 3.77. The molecule has 0 radical (unpaired) electrons. The lowest BCUT2D eigenvalue weighted by molar-refractivity contribution is -0.155. The third-order valence-corrected chi connectivity index (χ3v) is 5.65. The number of hydrogen-bond donors (Lipinski definition) is 1. The molecule has 1 aliphatic carbocycles. The maximum atomic E-state index is 12.7. The Morgan fingerprint density at radius 1 is 0.917 bits per heavy atom. The molecule has 0 fully saturated rings. The molecule has 194 valence electrons. The maximum Gasteiger partial charge on any atom is 0.407 e. The average molecular weight is 498 g/mol. The number of alkyl carbamates (subject to hydrolysis) is 1. The Labute approximate surface area is 212 Å². The molecular formula is C28H35NO7. The van der Waals surface area contributed by atoms with E-state index in [4.69, 9.17) is 18.9 Å². The summed E-state index contributed by atoms with van der Waals surface area (Å²) in [7, 11) is 0. The van der Waals surface area contributed by atoms with Crippen molar-refractivity contribution in [2.24, 2.45) is 0 Å². The van der Waals surface area contributed by atoms with E-state index in [1.165, 1.54) is 0 Å². The maximum absolute atomic E-state index is 12.7. The average Bonchev–Trinajstić information content (AvgIpc) is 3.15. The largest absolute Gasteiger partial charge is 0.462 e. The van der Waals surface area contributed by atoms with E-state index in [1.807, 2.05) is 43.3 Å². The van der Waals surface area contributed by atoms with Gasteiger partial charge in [-0.15, -0.1) is 0 Å². The van der Waals surface area contributed by atoms with Gasteiger partial charge in [0.25, 0.3) is 0 Å². The van der Waals surface area contributed by atoms with Crippen molar-refractivity contribution >= 4 is 18.0 Å². The van der Waals surface area contributed by atoms with Gasteiger partial charge in [-0.1, -0.05) is 48.5 Å². The molecule has 1 N–H and O–H groups in total. The number of carbonyl (C=O) groups is 3. The van der Waals surface area contributed by atoms with Crippen LogP contribution in [0, 0.1) is 0 Å². The van der Waals surface area contributed by atoms with E-state index in [2.05, 4.69) is 17.4 Å². The fourth-order valence-electron chi connectivity index (χ4n) is 4.13. The second kappa shape index (κ2) is 12.5. The lowest BCUT2D eigenvalue weighted by atomic mass is 9.98. The molecule has 1 atom stereocenters. The fraction of sp³-hybridized carbons (Fsp3) is 0.464. The number of hydrogen-bond acceptors (Lipinski definition) is 7. The van der Waals surface area contributed by atoms with Crippen molar-refractivity contribution in [3.63, 3.8) is 0 Å². The molecule has 1 aliphatic rings. The number of esters is 2. The molecular weight excluding hydrogens is 462 g/mol. The third kappa shape index (κ3) is 7.55. The Hall–Kier alpha value is -3.39. The van der Waals surface area contributed by atoms with Crippen LogP contribution in [0.5, 0.6) is 0 Å². The zero-order chi connectivity index (χ0) is 26.1.